The van der Waals surface area contributed by atoms with Gasteiger partial charge in [0.25, 0.3) is 5.91 Å². The lowest BCUT2D eigenvalue weighted by Gasteiger charge is -2.10. The first-order valence-electron chi connectivity index (χ1n) is 8.58. The zero-order valence-electron chi connectivity index (χ0n) is 15.4. The summed E-state index contributed by atoms with van der Waals surface area (Å²) in [5, 5.41) is 3.30. The maximum Gasteiger partial charge on any atom is 0.265 e. The molecule has 158 valence electrons. The van der Waals surface area contributed by atoms with Gasteiger partial charge in [0.2, 0.25) is 5.82 Å². The molecule has 3 aromatic rings. The number of thiophene rings is 1. The largest absolute Gasteiger partial charge is 0.490 e. The fourth-order valence-corrected chi connectivity index (χ4v) is 3.26. The van der Waals surface area contributed by atoms with Gasteiger partial charge in [-0.1, -0.05) is 12.1 Å². The molecular formula is C20H14F5NO3S. The summed E-state index contributed by atoms with van der Waals surface area (Å²) in [7, 11) is 0. The van der Waals surface area contributed by atoms with Crippen LogP contribution in [0.25, 0.3) is 0 Å². The zero-order valence-corrected chi connectivity index (χ0v) is 16.2. The van der Waals surface area contributed by atoms with Gasteiger partial charge >= 0.3 is 0 Å². The van der Waals surface area contributed by atoms with Gasteiger partial charge in [-0.05, 0) is 30.5 Å². The monoisotopic (exact) mass is 443 g/mol. The molecule has 0 saturated heterocycles. The van der Waals surface area contributed by atoms with E-state index in [1.54, 1.807) is 35.0 Å². The standard InChI is InChI=1S/C20H14F5NO3S/c1-2-28-11-5-3-4-6-12(11)29-8-10-7-13(30-9-10)20(27)26-19-17(24)15(22)14(21)16(23)18(19)25/h3-7,9H,2,8H2,1H3,(H,26,27). The van der Waals surface area contributed by atoms with Crippen LogP contribution in [0.3, 0.4) is 0 Å². The van der Waals surface area contributed by atoms with E-state index < -0.39 is 40.7 Å². The van der Waals surface area contributed by atoms with Gasteiger partial charge < -0.3 is 14.8 Å². The van der Waals surface area contributed by atoms with Gasteiger partial charge in [-0.3, -0.25) is 4.79 Å². The predicted octanol–water partition coefficient (Wildman–Crippen LogP) is 5.67. The van der Waals surface area contributed by atoms with Crippen molar-refractivity contribution in [2.75, 3.05) is 11.9 Å². The minimum Gasteiger partial charge on any atom is -0.490 e. The maximum absolute atomic E-state index is 13.7. The molecule has 0 bridgehead atoms. The number of carbonyl (C=O) groups is 1. The fraction of sp³-hybridized carbons (Fsp3) is 0.150. The number of anilines is 1. The Bertz CT molecular complexity index is 1060. The van der Waals surface area contributed by atoms with Crippen LogP contribution in [0.15, 0.2) is 35.7 Å². The minimum absolute atomic E-state index is 0.00404. The van der Waals surface area contributed by atoms with Crippen LogP contribution in [0, 0.1) is 29.1 Å². The molecule has 4 nitrogen and oxygen atoms in total. The van der Waals surface area contributed by atoms with Gasteiger partial charge in [0.05, 0.1) is 11.5 Å². The number of hydrogen-bond acceptors (Lipinski definition) is 4. The van der Waals surface area contributed by atoms with E-state index in [0.717, 1.165) is 11.3 Å². The normalized spacial score (nSPS) is 10.7. The van der Waals surface area contributed by atoms with Crippen LogP contribution in [0.5, 0.6) is 11.5 Å². The Kier molecular flexibility index (Phi) is 6.56. The highest BCUT2D eigenvalue weighted by Gasteiger charge is 2.27. The quantitative estimate of drug-likeness (QED) is 0.291. The lowest BCUT2D eigenvalue weighted by Crippen LogP contribution is -2.16. The number of amides is 1. The second kappa shape index (κ2) is 9.12. The van der Waals surface area contributed by atoms with E-state index in [0.29, 0.717) is 23.7 Å². The summed E-state index contributed by atoms with van der Waals surface area (Å²) in [5.41, 5.74) is -0.845. The molecule has 1 heterocycles. The van der Waals surface area contributed by atoms with Crippen LogP contribution >= 0.6 is 11.3 Å². The van der Waals surface area contributed by atoms with Gasteiger partial charge in [0, 0.05) is 5.56 Å². The van der Waals surface area contributed by atoms with E-state index in [2.05, 4.69) is 0 Å². The van der Waals surface area contributed by atoms with Crippen molar-refractivity contribution in [3.8, 4) is 11.5 Å². The van der Waals surface area contributed by atoms with Crippen LogP contribution < -0.4 is 14.8 Å². The highest BCUT2D eigenvalue weighted by atomic mass is 32.1. The number of para-hydroxylation sites is 2. The van der Waals surface area contributed by atoms with Crippen LogP contribution in [0.1, 0.15) is 22.2 Å². The maximum atomic E-state index is 13.7. The van der Waals surface area contributed by atoms with Gasteiger partial charge in [-0.25, -0.2) is 22.0 Å². The molecule has 2 aromatic carbocycles. The highest BCUT2D eigenvalue weighted by Crippen LogP contribution is 2.29. The van der Waals surface area contributed by atoms with Crippen LogP contribution in [0.2, 0.25) is 0 Å². The average molecular weight is 443 g/mol. The summed E-state index contributed by atoms with van der Waals surface area (Å²) in [6.45, 7) is 2.34. The molecule has 0 aliphatic heterocycles. The van der Waals surface area contributed by atoms with Gasteiger partial charge in [-0.2, -0.15) is 0 Å². The van der Waals surface area contributed by atoms with Crippen molar-refractivity contribution in [2.24, 2.45) is 0 Å². The lowest BCUT2D eigenvalue weighted by atomic mass is 10.2. The Morgan fingerprint density at radius 2 is 1.50 bits per heavy atom. The molecule has 1 N–H and O–H groups in total. The minimum atomic E-state index is -2.30. The Hall–Kier alpha value is -3.14. The van der Waals surface area contributed by atoms with Crippen molar-refractivity contribution in [2.45, 2.75) is 13.5 Å². The predicted molar refractivity (Wildman–Crippen MR) is 100 cm³/mol. The van der Waals surface area contributed by atoms with Crippen molar-refractivity contribution in [1.82, 2.24) is 0 Å². The van der Waals surface area contributed by atoms with Crippen molar-refractivity contribution in [1.29, 1.82) is 0 Å². The van der Waals surface area contributed by atoms with E-state index in [1.807, 2.05) is 6.92 Å². The SMILES string of the molecule is CCOc1ccccc1OCc1csc(C(=O)Nc2c(F)c(F)c(F)c(F)c2F)c1. The summed E-state index contributed by atoms with van der Waals surface area (Å²) < 4.78 is 78.2. The molecular weight excluding hydrogens is 429 g/mol. The summed E-state index contributed by atoms with van der Waals surface area (Å²) in [5.74, 6) is -10.8. The van der Waals surface area contributed by atoms with Crippen molar-refractivity contribution >= 4 is 22.9 Å². The first kappa shape index (κ1) is 21.6. The van der Waals surface area contributed by atoms with Crippen molar-refractivity contribution in [3.63, 3.8) is 0 Å². The summed E-state index contributed by atoms with van der Waals surface area (Å²) >= 11 is 0.920. The lowest BCUT2D eigenvalue weighted by molar-refractivity contribution is 0.102. The first-order chi connectivity index (χ1) is 14.3. The number of carbonyl (C=O) groups excluding carboxylic acids is 1. The molecule has 10 heteroatoms. The molecule has 30 heavy (non-hydrogen) atoms. The number of ether oxygens (including phenoxy) is 2. The van der Waals surface area contributed by atoms with E-state index in [1.165, 1.54) is 6.07 Å². The summed E-state index contributed by atoms with van der Waals surface area (Å²) in [4.78, 5) is 12.2. The first-order valence-corrected chi connectivity index (χ1v) is 9.46. The molecule has 1 amide bonds. The molecule has 0 fully saturated rings. The number of nitrogens with one attached hydrogen (secondary N) is 1. The van der Waals surface area contributed by atoms with E-state index in [-0.39, 0.29) is 11.5 Å². The van der Waals surface area contributed by atoms with Crippen molar-refractivity contribution in [3.05, 3.63) is 75.2 Å². The van der Waals surface area contributed by atoms with Gasteiger partial charge in [-0.15, -0.1) is 11.3 Å². The highest BCUT2D eigenvalue weighted by molar-refractivity contribution is 7.12. The number of hydrogen-bond donors (Lipinski definition) is 1. The molecule has 0 aliphatic carbocycles. The number of halogens is 5. The van der Waals surface area contributed by atoms with E-state index in [4.69, 9.17) is 9.47 Å². The second-order valence-electron chi connectivity index (χ2n) is 5.89. The Morgan fingerprint density at radius 3 is 2.10 bits per heavy atom. The molecule has 3 rings (SSSR count). The molecule has 1 aromatic heterocycles. The van der Waals surface area contributed by atoms with Crippen molar-refractivity contribution < 1.29 is 36.2 Å². The third kappa shape index (κ3) is 4.38. The molecule has 0 atom stereocenters. The van der Waals surface area contributed by atoms with E-state index in [9.17, 15) is 26.7 Å². The van der Waals surface area contributed by atoms with Crippen LogP contribution in [-0.2, 0) is 6.61 Å². The Balaban J connectivity index is 1.72. The summed E-state index contributed by atoms with van der Waals surface area (Å²) in [6, 6.07) is 8.36. The number of benzene rings is 2. The third-order valence-corrected chi connectivity index (χ3v) is 4.85. The van der Waals surface area contributed by atoms with E-state index >= 15 is 0 Å². The molecule has 0 unspecified atom stereocenters. The topological polar surface area (TPSA) is 47.6 Å². The van der Waals surface area contributed by atoms with Gasteiger partial charge in [0.1, 0.15) is 12.3 Å². The Labute approximate surface area is 171 Å². The van der Waals surface area contributed by atoms with Gasteiger partial charge in [0.15, 0.2) is 34.8 Å². The number of rotatable bonds is 7. The fourth-order valence-electron chi connectivity index (χ4n) is 2.47. The molecule has 0 spiro atoms. The average Bonchev–Trinajstić information content (AvgIpc) is 3.22. The second-order valence-corrected chi connectivity index (χ2v) is 6.80. The Morgan fingerprint density at radius 1 is 0.933 bits per heavy atom. The summed E-state index contributed by atoms with van der Waals surface area (Å²) in [6.07, 6.45) is 0. The molecule has 0 saturated carbocycles. The molecule has 0 aliphatic rings. The smallest absolute Gasteiger partial charge is 0.265 e. The molecule has 0 radical (unpaired) electrons. The zero-order chi connectivity index (χ0) is 21.8. The van der Waals surface area contributed by atoms with Crippen LogP contribution in [-0.4, -0.2) is 12.5 Å². The third-order valence-electron chi connectivity index (χ3n) is 3.87. The van der Waals surface area contributed by atoms with Crippen LogP contribution in [0.4, 0.5) is 27.6 Å².